The maximum atomic E-state index is 11.4. The number of hydrogen-bond donors (Lipinski definition) is 2. The molecule has 5 heteroatoms. The minimum absolute atomic E-state index is 0.0208. The second-order valence-electron chi connectivity index (χ2n) is 6.48. The molecule has 24 heavy (non-hydrogen) atoms. The fraction of sp³-hybridized carbons (Fsp3) is 0.632. The smallest absolute Gasteiger partial charge is 0.161 e. The van der Waals surface area contributed by atoms with Crippen molar-refractivity contribution in [2.45, 2.75) is 57.6 Å². The van der Waals surface area contributed by atoms with Crippen LogP contribution in [0.2, 0.25) is 0 Å². The summed E-state index contributed by atoms with van der Waals surface area (Å²) in [5.41, 5.74) is 0.578. The fourth-order valence-corrected chi connectivity index (χ4v) is 3.04. The van der Waals surface area contributed by atoms with E-state index in [1.807, 2.05) is 0 Å². The third-order valence-electron chi connectivity index (χ3n) is 4.50. The van der Waals surface area contributed by atoms with E-state index in [0.717, 1.165) is 0 Å². The van der Waals surface area contributed by atoms with Crippen LogP contribution in [0.5, 0.6) is 11.5 Å². The highest BCUT2D eigenvalue weighted by Gasteiger charge is 2.15. The number of Topliss-reactive ketones (excluding diaryl/α,β-unsaturated/α-hetero) is 1. The zero-order chi connectivity index (χ0) is 17.4. The van der Waals surface area contributed by atoms with E-state index < -0.39 is 6.10 Å². The number of aliphatic hydroxyl groups excluding tert-OH is 1. The topological polar surface area (TPSA) is 67.8 Å². The van der Waals surface area contributed by atoms with E-state index in [-0.39, 0.29) is 12.4 Å². The van der Waals surface area contributed by atoms with Gasteiger partial charge in [-0.05, 0) is 38.0 Å². The largest absolute Gasteiger partial charge is 0.493 e. The minimum Gasteiger partial charge on any atom is -0.493 e. The summed E-state index contributed by atoms with van der Waals surface area (Å²) in [5, 5.41) is 13.6. The molecule has 1 aromatic rings. The number of nitrogens with one attached hydrogen (secondary N) is 1. The third kappa shape index (κ3) is 5.80. The first kappa shape index (κ1) is 18.7. The van der Waals surface area contributed by atoms with Gasteiger partial charge >= 0.3 is 0 Å². The molecule has 0 spiro atoms. The Kier molecular flexibility index (Phi) is 7.53. The van der Waals surface area contributed by atoms with Crippen LogP contribution in [0.4, 0.5) is 0 Å². The lowest BCUT2D eigenvalue weighted by atomic mass is 10.1. The Balaban J connectivity index is 1.80. The van der Waals surface area contributed by atoms with Crippen LogP contribution in [-0.2, 0) is 0 Å². The van der Waals surface area contributed by atoms with Crippen molar-refractivity contribution in [2.75, 3.05) is 20.3 Å². The van der Waals surface area contributed by atoms with Gasteiger partial charge in [0, 0.05) is 18.2 Å². The van der Waals surface area contributed by atoms with Gasteiger partial charge in [-0.15, -0.1) is 0 Å². The van der Waals surface area contributed by atoms with Crippen molar-refractivity contribution < 1.29 is 19.4 Å². The predicted molar refractivity (Wildman–Crippen MR) is 94.0 cm³/mol. The Morgan fingerprint density at radius 3 is 2.58 bits per heavy atom. The fourth-order valence-electron chi connectivity index (χ4n) is 3.04. The van der Waals surface area contributed by atoms with Crippen LogP contribution in [-0.4, -0.2) is 43.3 Å². The summed E-state index contributed by atoms with van der Waals surface area (Å²) >= 11 is 0. The molecule has 0 unspecified atom stereocenters. The summed E-state index contributed by atoms with van der Waals surface area (Å²) in [7, 11) is 1.54. The highest BCUT2D eigenvalue weighted by molar-refractivity contribution is 5.94. The summed E-state index contributed by atoms with van der Waals surface area (Å²) in [6.45, 7) is 2.23. The van der Waals surface area contributed by atoms with Crippen LogP contribution in [0, 0.1) is 0 Å². The van der Waals surface area contributed by atoms with Crippen molar-refractivity contribution in [1.29, 1.82) is 0 Å². The lowest BCUT2D eigenvalue weighted by Gasteiger charge is -2.20. The summed E-state index contributed by atoms with van der Waals surface area (Å²) in [6.07, 6.45) is 6.97. The predicted octanol–water partition coefficient (Wildman–Crippen LogP) is 2.95. The first-order chi connectivity index (χ1) is 11.6. The van der Waals surface area contributed by atoms with E-state index in [1.54, 1.807) is 18.2 Å². The molecule has 1 aromatic carbocycles. The molecule has 0 heterocycles. The van der Waals surface area contributed by atoms with E-state index in [4.69, 9.17) is 9.47 Å². The number of aliphatic hydroxyl groups is 1. The molecule has 2 rings (SSSR count). The number of rotatable bonds is 8. The average molecular weight is 335 g/mol. The Hall–Kier alpha value is -1.59. The number of carbonyl (C=O) groups excluding carboxylic acids is 1. The van der Waals surface area contributed by atoms with E-state index in [2.05, 4.69) is 5.32 Å². The Morgan fingerprint density at radius 1 is 1.25 bits per heavy atom. The van der Waals surface area contributed by atoms with Gasteiger partial charge in [0.1, 0.15) is 12.7 Å². The normalized spacial score (nSPS) is 17.1. The maximum absolute atomic E-state index is 11.4. The van der Waals surface area contributed by atoms with Gasteiger partial charge in [-0.25, -0.2) is 0 Å². The number of benzene rings is 1. The Bertz CT molecular complexity index is 524. The van der Waals surface area contributed by atoms with Crippen molar-refractivity contribution in [3.63, 3.8) is 0 Å². The monoisotopic (exact) mass is 335 g/mol. The van der Waals surface area contributed by atoms with Crippen LogP contribution in [0.3, 0.4) is 0 Å². The highest BCUT2D eigenvalue weighted by atomic mass is 16.5. The molecule has 0 radical (unpaired) electrons. The summed E-state index contributed by atoms with van der Waals surface area (Å²) in [4.78, 5) is 11.4. The van der Waals surface area contributed by atoms with E-state index in [9.17, 15) is 9.90 Å². The second-order valence-corrected chi connectivity index (χ2v) is 6.48. The molecule has 1 atom stereocenters. The number of carbonyl (C=O) groups is 1. The molecule has 0 aromatic heterocycles. The Labute approximate surface area is 144 Å². The van der Waals surface area contributed by atoms with Gasteiger partial charge in [0.25, 0.3) is 0 Å². The lowest BCUT2D eigenvalue weighted by molar-refractivity contribution is 0.0999. The van der Waals surface area contributed by atoms with Crippen molar-refractivity contribution in [3.05, 3.63) is 23.8 Å². The van der Waals surface area contributed by atoms with E-state index in [0.29, 0.717) is 29.6 Å². The zero-order valence-electron chi connectivity index (χ0n) is 14.7. The lowest BCUT2D eigenvalue weighted by Crippen LogP contribution is -2.37. The molecule has 1 saturated carbocycles. The highest BCUT2D eigenvalue weighted by Crippen LogP contribution is 2.28. The van der Waals surface area contributed by atoms with Gasteiger partial charge in [0.15, 0.2) is 17.3 Å². The van der Waals surface area contributed by atoms with Gasteiger partial charge in [0.05, 0.1) is 7.11 Å². The summed E-state index contributed by atoms with van der Waals surface area (Å²) in [6, 6.07) is 5.58. The third-order valence-corrected chi connectivity index (χ3v) is 4.50. The maximum Gasteiger partial charge on any atom is 0.161 e. The molecule has 2 N–H and O–H groups in total. The quantitative estimate of drug-likeness (QED) is 0.565. The molecule has 5 nitrogen and oxygen atoms in total. The molecule has 0 aliphatic heterocycles. The zero-order valence-corrected chi connectivity index (χ0v) is 14.7. The van der Waals surface area contributed by atoms with Crippen LogP contribution >= 0.6 is 0 Å². The molecular weight excluding hydrogens is 306 g/mol. The van der Waals surface area contributed by atoms with Gasteiger partial charge < -0.3 is 19.9 Å². The summed E-state index contributed by atoms with van der Waals surface area (Å²) in [5.74, 6) is 1.02. The average Bonchev–Trinajstić information content (AvgIpc) is 2.86. The van der Waals surface area contributed by atoms with E-state index >= 15 is 0 Å². The van der Waals surface area contributed by atoms with Gasteiger partial charge in [-0.2, -0.15) is 0 Å². The SMILES string of the molecule is COc1cc(C(C)=O)ccc1OC[C@H](O)CNC1CCCCCC1. The van der Waals surface area contributed by atoms with Gasteiger partial charge in [0.2, 0.25) is 0 Å². The van der Waals surface area contributed by atoms with Gasteiger partial charge in [-0.1, -0.05) is 25.7 Å². The minimum atomic E-state index is -0.578. The first-order valence-corrected chi connectivity index (χ1v) is 8.83. The molecule has 1 aliphatic carbocycles. The number of hydrogen-bond acceptors (Lipinski definition) is 5. The Morgan fingerprint density at radius 2 is 1.96 bits per heavy atom. The molecule has 1 fully saturated rings. The number of ether oxygens (including phenoxy) is 2. The van der Waals surface area contributed by atoms with E-state index in [1.165, 1.54) is 52.6 Å². The molecular formula is C19H29NO4. The van der Waals surface area contributed by atoms with Crippen molar-refractivity contribution in [1.82, 2.24) is 5.32 Å². The molecule has 1 aliphatic rings. The van der Waals surface area contributed by atoms with Crippen LogP contribution in [0.15, 0.2) is 18.2 Å². The van der Waals surface area contributed by atoms with Crippen LogP contribution in [0.25, 0.3) is 0 Å². The molecule has 0 bridgehead atoms. The first-order valence-electron chi connectivity index (χ1n) is 8.83. The summed E-state index contributed by atoms with van der Waals surface area (Å²) < 4.78 is 10.9. The molecule has 134 valence electrons. The van der Waals surface area contributed by atoms with Crippen LogP contribution < -0.4 is 14.8 Å². The number of methoxy groups -OCH3 is 1. The van der Waals surface area contributed by atoms with Gasteiger partial charge in [-0.3, -0.25) is 4.79 Å². The molecule has 0 amide bonds. The van der Waals surface area contributed by atoms with Crippen molar-refractivity contribution in [3.8, 4) is 11.5 Å². The van der Waals surface area contributed by atoms with Crippen molar-refractivity contribution >= 4 is 5.78 Å². The van der Waals surface area contributed by atoms with Crippen LogP contribution in [0.1, 0.15) is 55.8 Å². The number of ketones is 1. The molecule has 0 saturated heterocycles. The standard InChI is InChI=1S/C19H29NO4/c1-14(21)15-9-10-18(19(11-15)23-2)24-13-17(22)12-20-16-7-5-3-4-6-8-16/h9-11,16-17,20,22H,3-8,12-13H2,1-2H3/t17-/m1/s1. The van der Waals surface area contributed by atoms with Crippen molar-refractivity contribution in [2.24, 2.45) is 0 Å². The second kappa shape index (κ2) is 9.64.